The summed E-state index contributed by atoms with van der Waals surface area (Å²) in [5.41, 5.74) is 2.82. The molecule has 5 nitrogen and oxygen atoms in total. The van der Waals surface area contributed by atoms with Crippen LogP contribution in [-0.2, 0) is 16.3 Å². The number of thioether (sulfide) groups is 1. The van der Waals surface area contributed by atoms with Crippen LogP contribution in [0.15, 0.2) is 59.0 Å². The van der Waals surface area contributed by atoms with Gasteiger partial charge in [0.05, 0.1) is 6.54 Å². The second-order valence-electron chi connectivity index (χ2n) is 7.43. The highest BCUT2D eigenvalue weighted by Crippen LogP contribution is 2.31. The van der Waals surface area contributed by atoms with Crippen LogP contribution >= 0.6 is 11.8 Å². The molecule has 2 aromatic carbocycles. The van der Waals surface area contributed by atoms with Gasteiger partial charge in [0.2, 0.25) is 5.91 Å². The first-order chi connectivity index (χ1) is 14.5. The van der Waals surface area contributed by atoms with Gasteiger partial charge in [-0.15, -0.1) is 0 Å². The Bertz CT molecular complexity index is 998. The zero-order valence-electron chi connectivity index (χ0n) is 17.7. The number of fused-ring (bicyclic) bond motifs is 1. The van der Waals surface area contributed by atoms with Crippen molar-refractivity contribution in [2.24, 2.45) is 0 Å². The summed E-state index contributed by atoms with van der Waals surface area (Å²) in [6.07, 6.45) is 0. The van der Waals surface area contributed by atoms with Gasteiger partial charge in [0, 0.05) is 35.0 Å². The highest BCUT2D eigenvalue weighted by molar-refractivity contribution is 7.97. The smallest absolute Gasteiger partial charge is 0.290 e. The van der Waals surface area contributed by atoms with Crippen molar-refractivity contribution in [2.75, 3.05) is 13.1 Å². The maximum absolute atomic E-state index is 13.3. The Morgan fingerprint density at radius 1 is 1.03 bits per heavy atom. The number of rotatable bonds is 9. The van der Waals surface area contributed by atoms with Crippen molar-refractivity contribution < 1.29 is 14.0 Å². The molecule has 0 bridgehead atoms. The zero-order chi connectivity index (χ0) is 21.5. The number of nitrogens with one attached hydrogen (secondary N) is 1. The highest BCUT2D eigenvalue weighted by atomic mass is 32.2. The molecule has 3 aromatic rings. The summed E-state index contributed by atoms with van der Waals surface area (Å²) in [6, 6.07) is 18.0. The van der Waals surface area contributed by atoms with E-state index in [4.69, 9.17) is 4.42 Å². The first-order valence-corrected chi connectivity index (χ1v) is 11.4. The summed E-state index contributed by atoms with van der Waals surface area (Å²) in [5.74, 6) is 1.42. The number of carbonyl (C=O) groups is 2. The third kappa shape index (κ3) is 5.45. The van der Waals surface area contributed by atoms with Crippen molar-refractivity contribution in [3.8, 4) is 0 Å². The normalized spacial score (nSPS) is 11.1. The quantitative estimate of drug-likeness (QED) is 0.533. The summed E-state index contributed by atoms with van der Waals surface area (Å²) >= 11 is 1.74. The molecule has 1 heterocycles. The monoisotopic (exact) mass is 424 g/mol. The van der Waals surface area contributed by atoms with Crippen LogP contribution in [0.1, 0.15) is 42.5 Å². The molecular weight excluding hydrogens is 396 g/mol. The molecular formula is C24H28N2O3S. The SMILES string of the molecule is CCN(CC(=O)NC(C)C)C(=O)c1oc2ccccc2c1CSCc1ccccc1. The fourth-order valence-corrected chi connectivity index (χ4v) is 4.29. The van der Waals surface area contributed by atoms with Crippen LogP contribution in [0, 0.1) is 0 Å². The number of hydrogen-bond acceptors (Lipinski definition) is 4. The van der Waals surface area contributed by atoms with Gasteiger partial charge in [-0.3, -0.25) is 9.59 Å². The van der Waals surface area contributed by atoms with Gasteiger partial charge in [-0.1, -0.05) is 48.5 Å². The van der Waals surface area contributed by atoms with Gasteiger partial charge in [0.25, 0.3) is 5.91 Å². The third-order valence-corrected chi connectivity index (χ3v) is 5.73. The van der Waals surface area contributed by atoms with Crippen molar-refractivity contribution in [2.45, 2.75) is 38.3 Å². The molecule has 1 aromatic heterocycles. The minimum Gasteiger partial charge on any atom is -0.451 e. The van der Waals surface area contributed by atoms with E-state index in [1.54, 1.807) is 11.8 Å². The molecule has 3 rings (SSSR count). The first-order valence-electron chi connectivity index (χ1n) is 10.2. The average Bonchev–Trinajstić information content (AvgIpc) is 3.10. The van der Waals surface area contributed by atoms with Crippen LogP contribution in [-0.4, -0.2) is 35.8 Å². The van der Waals surface area contributed by atoms with E-state index in [1.807, 2.05) is 63.2 Å². The van der Waals surface area contributed by atoms with Crippen LogP contribution in [0.25, 0.3) is 11.0 Å². The number of benzene rings is 2. The van der Waals surface area contributed by atoms with Gasteiger partial charge >= 0.3 is 0 Å². The van der Waals surface area contributed by atoms with Crippen molar-refractivity contribution in [1.82, 2.24) is 10.2 Å². The van der Waals surface area contributed by atoms with Crippen LogP contribution in [0.4, 0.5) is 0 Å². The second-order valence-corrected chi connectivity index (χ2v) is 8.41. The van der Waals surface area contributed by atoms with E-state index in [2.05, 4.69) is 17.4 Å². The lowest BCUT2D eigenvalue weighted by Gasteiger charge is -2.20. The first kappa shape index (κ1) is 22.0. The number of hydrogen-bond donors (Lipinski definition) is 1. The summed E-state index contributed by atoms with van der Waals surface area (Å²) in [6.45, 7) is 6.11. The third-order valence-electron chi connectivity index (χ3n) is 4.70. The molecule has 0 aliphatic carbocycles. The highest BCUT2D eigenvalue weighted by Gasteiger charge is 2.25. The minimum atomic E-state index is -0.247. The number of carbonyl (C=O) groups excluding carboxylic acids is 2. The van der Waals surface area contributed by atoms with E-state index in [-0.39, 0.29) is 24.4 Å². The molecule has 0 saturated carbocycles. The summed E-state index contributed by atoms with van der Waals surface area (Å²) in [5, 5.41) is 3.79. The van der Waals surface area contributed by atoms with Crippen LogP contribution < -0.4 is 5.32 Å². The Morgan fingerprint density at radius 2 is 1.73 bits per heavy atom. The molecule has 1 N–H and O–H groups in total. The van der Waals surface area contributed by atoms with Crippen molar-refractivity contribution in [3.63, 3.8) is 0 Å². The molecule has 0 aliphatic heterocycles. The molecule has 6 heteroatoms. The van der Waals surface area contributed by atoms with Crippen molar-refractivity contribution in [3.05, 3.63) is 71.5 Å². The molecule has 30 heavy (non-hydrogen) atoms. The molecule has 0 radical (unpaired) electrons. The van der Waals surface area contributed by atoms with Gasteiger partial charge in [0.1, 0.15) is 5.58 Å². The molecule has 158 valence electrons. The largest absolute Gasteiger partial charge is 0.451 e. The predicted molar refractivity (Wildman–Crippen MR) is 123 cm³/mol. The van der Waals surface area contributed by atoms with Gasteiger partial charge in [-0.2, -0.15) is 11.8 Å². The van der Waals surface area contributed by atoms with E-state index in [1.165, 1.54) is 10.5 Å². The number of likely N-dealkylation sites (N-methyl/N-ethyl adjacent to an activating group) is 1. The molecule has 2 amide bonds. The molecule has 0 fully saturated rings. The fraction of sp³-hybridized carbons (Fsp3) is 0.333. The molecule has 0 atom stereocenters. The lowest BCUT2D eigenvalue weighted by molar-refractivity contribution is -0.122. The average molecular weight is 425 g/mol. The molecule has 0 saturated heterocycles. The van der Waals surface area contributed by atoms with Crippen LogP contribution in [0.3, 0.4) is 0 Å². The van der Waals surface area contributed by atoms with E-state index in [9.17, 15) is 9.59 Å². The standard InChI is InChI=1S/C24H28N2O3S/c1-4-26(14-22(27)25-17(2)3)24(28)23-20(19-12-8-9-13-21(19)29-23)16-30-15-18-10-6-5-7-11-18/h5-13,17H,4,14-16H2,1-3H3,(H,25,27). The van der Waals surface area contributed by atoms with Crippen molar-refractivity contribution >= 4 is 34.5 Å². The molecule has 0 unspecified atom stereocenters. The van der Waals surface area contributed by atoms with Gasteiger partial charge in [-0.05, 0) is 32.4 Å². The van der Waals surface area contributed by atoms with Gasteiger partial charge in [-0.25, -0.2) is 0 Å². The lowest BCUT2D eigenvalue weighted by Crippen LogP contribution is -2.42. The molecule has 0 spiro atoms. The molecule has 0 aliphatic rings. The Balaban J connectivity index is 1.82. The van der Waals surface area contributed by atoms with Gasteiger partial charge < -0.3 is 14.6 Å². The number of nitrogens with zero attached hydrogens (tertiary/aromatic N) is 1. The van der Waals surface area contributed by atoms with Gasteiger partial charge in [0.15, 0.2) is 5.76 Å². The Labute approximate surface area is 181 Å². The zero-order valence-corrected chi connectivity index (χ0v) is 18.5. The van der Waals surface area contributed by atoms with E-state index >= 15 is 0 Å². The second kappa shape index (κ2) is 10.3. The number of furan rings is 1. The Hall–Kier alpha value is -2.73. The van der Waals surface area contributed by atoms with Crippen LogP contribution in [0.2, 0.25) is 0 Å². The minimum absolute atomic E-state index is 0.0150. The maximum atomic E-state index is 13.3. The fourth-order valence-electron chi connectivity index (χ4n) is 3.27. The number of amides is 2. The Morgan fingerprint density at radius 3 is 2.43 bits per heavy atom. The maximum Gasteiger partial charge on any atom is 0.290 e. The van der Waals surface area contributed by atoms with E-state index in [0.717, 1.165) is 16.7 Å². The Kier molecular flexibility index (Phi) is 7.57. The van der Waals surface area contributed by atoms with Crippen molar-refractivity contribution in [1.29, 1.82) is 0 Å². The van der Waals surface area contributed by atoms with E-state index in [0.29, 0.717) is 23.6 Å². The number of para-hydroxylation sites is 1. The summed E-state index contributed by atoms with van der Waals surface area (Å²) in [7, 11) is 0. The van der Waals surface area contributed by atoms with Crippen LogP contribution in [0.5, 0.6) is 0 Å². The summed E-state index contributed by atoms with van der Waals surface area (Å²) in [4.78, 5) is 27.0. The topological polar surface area (TPSA) is 62.6 Å². The lowest BCUT2D eigenvalue weighted by atomic mass is 10.1. The van der Waals surface area contributed by atoms with E-state index < -0.39 is 0 Å². The predicted octanol–water partition coefficient (Wildman–Crippen LogP) is 4.85. The summed E-state index contributed by atoms with van der Waals surface area (Å²) < 4.78 is 5.97.